The van der Waals surface area contributed by atoms with Crippen LogP contribution in [0.4, 0.5) is 5.13 Å². The molecular weight excluding hydrogens is 226 g/mol. The van der Waals surface area contributed by atoms with Crippen molar-refractivity contribution in [2.24, 2.45) is 0 Å². The maximum Gasteiger partial charge on any atom is 0.223 e. The van der Waals surface area contributed by atoms with Crippen molar-refractivity contribution >= 4 is 16.7 Å². The molecule has 0 saturated heterocycles. The van der Waals surface area contributed by atoms with Gasteiger partial charge in [0.05, 0.1) is 6.54 Å². The second-order valence-corrected chi connectivity index (χ2v) is 4.16. The number of anilines is 1. The van der Waals surface area contributed by atoms with E-state index < -0.39 is 0 Å². The molecule has 0 atom stereocenters. The van der Waals surface area contributed by atoms with Crippen LogP contribution in [-0.4, -0.2) is 26.5 Å². The van der Waals surface area contributed by atoms with Crippen molar-refractivity contribution in [1.82, 2.24) is 19.5 Å². The van der Waals surface area contributed by atoms with Gasteiger partial charge in [0, 0.05) is 31.9 Å². The van der Waals surface area contributed by atoms with Crippen LogP contribution in [-0.2, 0) is 13.0 Å². The van der Waals surface area contributed by atoms with Gasteiger partial charge in [-0.1, -0.05) is 12.1 Å². The van der Waals surface area contributed by atoms with Crippen molar-refractivity contribution in [2.45, 2.75) is 26.8 Å². The van der Waals surface area contributed by atoms with E-state index in [4.69, 9.17) is 4.52 Å². The topological polar surface area (TPSA) is 67.9 Å². The fraction of sp³-hybridized carbons (Fsp3) is 0.556. The van der Waals surface area contributed by atoms with Crippen LogP contribution < -0.4 is 4.90 Å². The molecule has 0 aliphatic rings. The highest BCUT2D eigenvalue weighted by atomic mass is 32.1. The summed E-state index contributed by atoms with van der Waals surface area (Å²) in [6, 6.07) is 0. The fourth-order valence-electron chi connectivity index (χ4n) is 1.23. The third kappa shape index (κ3) is 2.35. The van der Waals surface area contributed by atoms with E-state index in [9.17, 15) is 0 Å². The standard InChI is InChI=1S/C9H13N5OS/c1-4-7-11-9(16-13-7)14(3)5-8-10-6(2)15-12-8/h4-5H2,1-3H3. The zero-order chi connectivity index (χ0) is 11.5. The lowest BCUT2D eigenvalue weighted by Crippen LogP contribution is -2.17. The SMILES string of the molecule is CCc1nsc(N(C)Cc2noc(C)n2)n1. The summed E-state index contributed by atoms with van der Waals surface area (Å²) in [6.45, 7) is 4.39. The van der Waals surface area contributed by atoms with Crippen LogP contribution in [0.25, 0.3) is 0 Å². The zero-order valence-electron chi connectivity index (χ0n) is 9.47. The molecular formula is C9H13N5OS. The van der Waals surface area contributed by atoms with Crippen molar-refractivity contribution in [3.63, 3.8) is 0 Å². The second-order valence-electron chi connectivity index (χ2n) is 3.43. The third-order valence-corrected chi connectivity index (χ3v) is 2.92. The average Bonchev–Trinajstić information content (AvgIpc) is 2.87. The van der Waals surface area contributed by atoms with Gasteiger partial charge in [0.1, 0.15) is 5.82 Å². The smallest absolute Gasteiger partial charge is 0.223 e. The van der Waals surface area contributed by atoms with Crippen molar-refractivity contribution in [2.75, 3.05) is 11.9 Å². The van der Waals surface area contributed by atoms with Gasteiger partial charge in [-0.15, -0.1) is 0 Å². The summed E-state index contributed by atoms with van der Waals surface area (Å²) in [5.41, 5.74) is 0. The Morgan fingerprint density at radius 1 is 1.31 bits per heavy atom. The highest BCUT2D eigenvalue weighted by Gasteiger charge is 2.11. The normalized spacial score (nSPS) is 10.7. The molecule has 2 heterocycles. The Hall–Kier alpha value is -1.50. The Morgan fingerprint density at radius 2 is 2.12 bits per heavy atom. The first-order valence-electron chi connectivity index (χ1n) is 5.02. The maximum absolute atomic E-state index is 4.91. The van der Waals surface area contributed by atoms with Crippen molar-refractivity contribution in [3.05, 3.63) is 17.5 Å². The Balaban J connectivity index is 2.05. The summed E-state index contributed by atoms with van der Waals surface area (Å²) in [5, 5.41) is 4.71. The van der Waals surface area contributed by atoms with Crippen LogP contribution in [0.1, 0.15) is 24.5 Å². The molecule has 0 aliphatic carbocycles. The van der Waals surface area contributed by atoms with Gasteiger partial charge in [-0.05, 0) is 0 Å². The molecule has 7 heteroatoms. The van der Waals surface area contributed by atoms with Crippen molar-refractivity contribution in [3.8, 4) is 0 Å². The number of nitrogens with zero attached hydrogens (tertiary/aromatic N) is 5. The van der Waals surface area contributed by atoms with Crippen molar-refractivity contribution < 1.29 is 4.52 Å². The highest BCUT2D eigenvalue weighted by molar-refractivity contribution is 7.09. The number of rotatable bonds is 4. The Bertz CT molecular complexity index is 466. The van der Waals surface area contributed by atoms with E-state index in [-0.39, 0.29) is 0 Å². The molecule has 0 fully saturated rings. The van der Waals surface area contributed by atoms with E-state index in [0.29, 0.717) is 18.3 Å². The molecule has 0 aromatic carbocycles. The largest absolute Gasteiger partial charge is 0.342 e. The summed E-state index contributed by atoms with van der Waals surface area (Å²) in [4.78, 5) is 10.5. The van der Waals surface area contributed by atoms with E-state index in [1.165, 1.54) is 11.5 Å². The van der Waals surface area contributed by atoms with Gasteiger partial charge in [-0.25, -0.2) is 4.98 Å². The first kappa shape index (κ1) is 11.0. The number of hydrogen-bond donors (Lipinski definition) is 0. The Kier molecular flexibility index (Phi) is 3.14. The second kappa shape index (κ2) is 4.56. The minimum atomic E-state index is 0.579. The maximum atomic E-state index is 4.91. The summed E-state index contributed by atoms with van der Waals surface area (Å²) in [7, 11) is 1.94. The minimum absolute atomic E-state index is 0.579. The highest BCUT2D eigenvalue weighted by Crippen LogP contribution is 2.17. The lowest BCUT2D eigenvalue weighted by molar-refractivity contribution is 0.387. The minimum Gasteiger partial charge on any atom is -0.342 e. The van der Waals surface area contributed by atoms with Crippen molar-refractivity contribution in [1.29, 1.82) is 0 Å². The molecule has 0 bridgehead atoms. The predicted octanol–water partition coefficient (Wildman–Crippen LogP) is 1.43. The average molecular weight is 239 g/mol. The molecule has 6 nitrogen and oxygen atoms in total. The van der Waals surface area contributed by atoms with E-state index in [2.05, 4.69) is 19.5 Å². The summed E-state index contributed by atoms with van der Waals surface area (Å²) < 4.78 is 9.13. The van der Waals surface area contributed by atoms with Crippen LogP contribution in [0.5, 0.6) is 0 Å². The molecule has 0 radical (unpaired) electrons. The van der Waals surface area contributed by atoms with E-state index in [1.807, 2.05) is 18.9 Å². The zero-order valence-corrected chi connectivity index (χ0v) is 10.3. The molecule has 0 aliphatic heterocycles. The molecule has 86 valence electrons. The molecule has 0 saturated carbocycles. The number of aromatic nitrogens is 4. The van der Waals surface area contributed by atoms with Crippen LogP contribution >= 0.6 is 11.5 Å². The first-order chi connectivity index (χ1) is 7.69. The first-order valence-corrected chi connectivity index (χ1v) is 5.79. The molecule has 0 amide bonds. The van der Waals surface area contributed by atoms with Crippen LogP contribution in [0, 0.1) is 6.92 Å². The number of hydrogen-bond acceptors (Lipinski definition) is 7. The molecule has 2 aromatic heterocycles. The number of aryl methyl sites for hydroxylation is 2. The lowest BCUT2D eigenvalue weighted by Gasteiger charge is -2.11. The Labute approximate surface area is 97.5 Å². The van der Waals surface area contributed by atoms with Crippen LogP contribution in [0.2, 0.25) is 0 Å². The molecule has 2 rings (SSSR count). The molecule has 0 spiro atoms. The van der Waals surface area contributed by atoms with Crippen LogP contribution in [0.15, 0.2) is 4.52 Å². The van der Waals surface area contributed by atoms with Gasteiger partial charge in [0.2, 0.25) is 11.0 Å². The van der Waals surface area contributed by atoms with E-state index >= 15 is 0 Å². The molecule has 16 heavy (non-hydrogen) atoms. The van der Waals surface area contributed by atoms with Gasteiger partial charge in [0.25, 0.3) is 0 Å². The quantitative estimate of drug-likeness (QED) is 0.804. The van der Waals surface area contributed by atoms with Gasteiger partial charge >= 0.3 is 0 Å². The van der Waals surface area contributed by atoms with Gasteiger partial charge < -0.3 is 9.42 Å². The summed E-state index contributed by atoms with van der Waals surface area (Å²) >= 11 is 1.39. The molecule has 0 N–H and O–H groups in total. The monoisotopic (exact) mass is 239 g/mol. The molecule has 0 unspecified atom stereocenters. The van der Waals surface area contributed by atoms with Crippen LogP contribution in [0.3, 0.4) is 0 Å². The Morgan fingerprint density at radius 3 is 2.69 bits per heavy atom. The van der Waals surface area contributed by atoms with E-state index in [1.54, 1.807) is 6.92 Å². The fourth-order valence-corrected chi connectivity index (χ4v) is 1.94. The molecule has 2 aromatic rings. The van der Waals surface area contributed by atoms with Gasteiger partial charge in [-0.3, -0.25) is 0 Å². The van der Waals surface area contributed by atoms with Gasteiger partial charge in [0.15, 0.2) is 5.82 Å². The van der Waals surface area contributed by atoms with E-state index in [0.717, 1.165) is 17.4 Å². The lowest BCUT2D eigenvalue weighted by atomic mass is 10.5. The summed E-state index contributed by atoms with van der Waals surface area (Å²) in [5.74, 6) is 2.11. The van der Waals surface area contributed by atoms with Gasteiger partial charge in [-0.2, -0.15) is 9.36 Å². The predicted molar refractivity (Wildman–Crippen MR) is 60.4 cm³/mol. The third-order valence-electron chi connectivity index (χ3n) is 2.05. The summed E-state index contributed by atoms with van der Waals surface area (Å²) in [6.07, 6.45) is 0.853.